The van der Waals surface area contributed by atoms with Gasteiger partial charge in [-0.3, -0.25) is 9.78 Å². The summed E-state index contributed by atoms with van der Waals surface area (Å²) in [5.74, 6) is 0.128. The molecule has 0 spiro atoms. The van der Waals surface area contributed by atoms with Crippen LogP contribution in [0.2, 0.25) is 5.02 Å². The van der Waals surface area contributed by atoms with Crippen LogP contribution in [0.4, 0.5) is 5.00 Å². The first-order valence-corrected chi connectivity index (χ1v) is 8.49. The summed E-state index contributed by atoms with van der Waals surface area (Å²) in [4.78, 5) is 17.3. The molecule has 3 nitrogen and oxygen atoms in total. The average Bonchev–Trinajstić information content (AvgIpc) is 2.99. The minimum Gasteiger partial charge on any atom is -0.317 e. The van der Waals surface area contributed by atoms with Crippen molar-refractivity contribution in [2.75, 3.05) is 5.32 Å². The van der Waals surface area contributed by atoms with Crippen molar-refractivity contribution in [2.24, 2.45) is 0 Å². The highest BCUT2D eigenvalue weighted by Gasteiger charge is 2.28. The number of rotatable bonds is 2. The van der Waals surface area contributed by atoms with Crippen LogP contribution in [0.25, 0.3) is 10.4 Å². The highest BCUT2D eigenvalue weighted by Crippen LogP contribution is 2.45. The molecular weight excluding hydrogens is 328 g/mol. The van der Waals surface area contributed by atoms with E-state index in [1.807, 2.05) is 36.4 Å². The number of nitrogens with zero attached hydrogens (tertiary/aromatic N) is 1. The maximum absolute atomic E-state index is 12.1. The summed E-state index contributed by atoms with van der Waals surface area (Å²) in [5.41, 5.74) is 3.40. The lowest BCUT2D eigenvalue weighted by Crippen LogP contribution is -2.21. The zero-order valence-electron chi connectivity index (χ0n) is 12.1. The van der Waals surface area contributed by atoms with E-state index >= 15 is 0 Å². The van der Waals surface area contributed by atoms with Gasteiger partial charge >= 0.3 is 0 Å². The number of carbonyl (C=O) groups is 1. The fourth-order valence-corrected chi connectivity index (χ4v) is 4.16. The Morgan fingerprint density at radius 1 is 1.13 bits per heavy atom. The summed E-state index contributed by atoms with van der Waals surface area (Å²) >= 11 is 7.59. The molecule has 3 aromatic rings. The van der Waals surface area contributed by atoms with Crippen molar-refractivity contribution < 1.29 is 4.79 Å². The fourth-order valence-electron chi connectivity index (χ4n) is 2.89. The number of amides is 1. The number of carbonyl (C=O) groups excluding carboxylic acids is 1. The van der Waals surface area contributed by atoms with Gasteiger partial charge in [-0.05, 0) is 47.0 Å². The van der Waals surface area contributed by atoms with Gasteiger partial charge in [0.1, 0.15) is 0 Å². The van der Waals surface area contributed by atoms with Gasteiger partial charge in [-0.15, -0.1) is 11.3 Å². The van der Waals surface area contributed by atoms with Gasteiger partial charge in [-0.2, -0.15) is 0 Å². The maximum atomic E-state index is 12.1. The standard InChI is InChI=1S/C18H13ClN2OS/c19-13-3-1-11(2-4-13)14-10-17(22)21-18-15(14)9-16(23-18)12-5-7-20-8-6-12/h1-9,14H,10H2,(H,21,22). The molecule has 2 aromatic heterocycles. The molecule has 1 N–H and O–H groups in total. The van der Waals surface area contributed by atoms with Crippen molar-refractivity contribution in [3.05, 3.63) is 71.0 Å². The lowest BCUT2D eigenvalue weighted by Gasteiger charge is -2.22. The van der Waals surface area contributed by atoms with E-state index in [9.17, 15) is 4.79 Å². The Bertz CT molecular complexity index is 858. The van der Waals surface area contributed by atoms with Crippen LogP contribution in [-0.4, -0.2) is 10.9 Å². The maximum Gasteiger partial charge on any atom is 0.225 e. The van der Waals surface area contributed by atoms with E-state index in [0.29, 0.717) is 11.4 Å². The molecule has 5 heteroatoms. The molecule has 0 saturated heterocycles. The van der Waals surface area contributed by atoms with Crippen LogP contribution >= 0.6 is 22.9 Å². The summed E-state index contributed by atoms with van der Waals surface area (Å²) in [6.45, 7) is 0. The molecule has 1 aromatic carbocycles. The number of hydrogen-bond acceptors (Lipinski definition) is 3. The Kier molecular flexibility index (Phi) is 3.63. The number of thiophene rings is 1. The minimum atomic E-state index is 0.0561. The van der Waals surface area contributed by atoms with E-state index < -0.39 is 0 Å². The zero-order valence-corrected chi connectivity index (χ0v) is 13.7. The molecule has 114 valence electrons. The number of halogens is 1. The molecule has 4 rings (SSSR count). The first-order chi connectivity index (χ1) is 11.2. The second-order valence-corrected chi connectivity index (χ2v) is 6.98. The third-order valence-corrected chi connectivity index (χ3v) is 5.38. The Morgan fingerprint density at radius 3 is 2.61 bits per heavy atom. The number of benzene rings is 1. The lowest BCUT2D eigenvalue weighted by molar-refractivity contribution is -0.116. The van der Waals surface area contributed by atoms with Gasteiger partial charge in [0.25, 0.3) is 0 Å². The van der Waals surface area contributed by atoms with Crippen LogP contribution < -0.4 is 5.32 Å². The van der Waals surface area contributed by atoms with Crippen LogP contribution in [0.15, 0.2) is 54.9 Å². The van der Waals surface area contributed by atoms with E-state index in [1.54, 1.807) is 23.7 Å². The molecule has 0 bridgehead atoms. The van der Waals surface area contributed by atoms with Gasteiger partial charge in [0.15, 0.2) is 0 Å². The predicted octanol–water partition coefficient (Wildman–Crippen LogP) is 4.94. The molecule has 1 aliphatic heterocycles. The minimum absolute atomic E-state index is 0.0561. The number of fused-ring (bicyclic) bond motifs is 1. The molecule has 0 radical (unpaired) electrons. The SMILES string of the molecule is O=C1CC(c2ccc(Cl)cc2)c2cc(-c3ccncc3)sc2N1. The van der Waals surface area contributed by atoms with Crippen LogP contribution in [0.3, 0.4) is 0 Å². The highest BCUT2D eigenvalue weighted by atomic mass is 35.5. The molecule has 3 heterocycles. The quantitative estimate of drug-likeness (QED) is 0.718. The van der Waals surface area contributed by atoms with E-state index in [4.69, 9.17) is 11.6 Å². The molecular formula is C18H13ClN2OS. The van der Waals surface area contributed by atoms with E-state index in [0.717, 1.165) is 21.0 Å². The molecule has 23 heavy (non-hydrogen) atoms. The van der Waals surface area contributed by atoms with Crippen molar-refractivity contribution in [2.45, 2.75) is 12.3 Å². The van der Waals surface area contributed by atoms with Crippen molar-refractivity contribution in [1.29, 1.82) is 0 Å². The normalized spacial score (nSPS) is 16.7. The largest absolute Gasteiger partial charge is 0.317 e. The number of nitrogens with one attached hydrogen (secondary N) is 1. The smallest absolute Gasteiger partial charge is 0.225 e. The molecule has 1 unspecified atom stereocenters. The first-order valence-electron chi connectivity index (χ1n) is 7.30. The fraction of sp³-hybridized carbons (Fsp3) is 0.111. The summed E-state index contributed by atoms with van der Waals surface area (Å²) in [5, 5.41) is 4.64. The van der Waals surface area contributed by atoms with Crippen LogP contribution in [-0.2, 0) is 4.79 Å². The molecule has 0 fully saturated rings. The highest BCUT2D eigenvalue weighted by molar-refractivity contribution is 7.19. The Morgan fingerprint density at radius 2 is 1.87 bits per heavy atom. The summed E-state index contributed by atoms with van der Waals surface area (Å²) in [6, 6.07) is 13.9. The molecule has 0 aliphatic carbocycles. The third kappa shape index (κ3) is 2.76. The van der Waals surface area contributed by atoms with E-state index in [-0.39, 0.29) is 11.8 Å². The van der Waals surface area contributed by atoms with Gasteiger partial charge in [-0.1, -0.05) is 23.7 Å². The Balaban J connectivity index is 1.79. The van der Waals surface area contributed by atoms with Crippen molar-refractivity contribution >= 4 is 33.8 Å². The number of anilines is 1. The van der Waals surface area contributed by atoms with Gasteiger partial charge in [0.05, 0.1) is 5.00 Å². The van der Waals surface area contributed by atoms with Crippen LogP contribution in [0.1, 0.15) is 23.5 Å². The Labute approximate surface area is 143 Å². The van der Waals surface area contributed by atoms with Gasteiger partial charge in [-0.25, -0.2) is 0 Å². The van der Waals surface area contributed by atoms with Crippen LogP contribution in [0, 0.1) is 0 Å². The summed E-state index contributed by atoms with van der Waals surface area (Å²) < 4.78 is 0. The number of pyridine rings is 1. The van der Waals surface area contributed by atoms with Gasteiger partial charge in [0.2, 0.25) is 5.91 Å². The lowest BCUT2D eigenvalue weighted by atomic mass is 9.87. The summed E-state index contributed by atoms with van der Waals surface area (Å²) in [7, 11) is 0. The van der Waals surface area contributed by atoms with Gasteiger partial charge < -0.3 is 5.32 Å². The van der Waals surface area contributed by atoms with E-state index in [1.165, 1.54) is 5.56 Å². The predicted molar refractivity (Wildman–Crippen MR) is 94.1 cm³/mol. The third-order valence-electron chi connectivity index (χ3n) is 4.02. The van der Waals surface area contributed by atoms with Crippen molar-refractivity contribution in [3.8, 4) is 10.4 Å². The number of hydrogen-bond donors (Lipinski definition) is 1. The second kappa shape index (κ2) is 5.80. The molecule has 1 amide bonds. The first kappa shape index (κ1) is 14.4. The second-order valence-electron chi connectivity index (χ2n) is 5.49. The van der Waals surface area contributed by atoms with Crippen molar-refractivity contribution in [1.82, 2.24) is 4.98 Å². The van der Waals surface area contributed by atoms with Gasteiger partial charge in [0, 0.05) is 34.6 Å². The van der Waals surface area contributed by atoms with E-state index in [2.05, 4.69) is 16.4 Å². The monoisotopic (exact) mass is 340 g/mol. The zero-order chi connectivity index (χ0) is 15.8. The molecule has 0 saturated carbocycles. The Hall–Kier alpha value is -2.17. The molecule has 1 aliphatic rings. The average molecular weight is 341 g/mol. The topological polar surface area (TPSA) is 42.0 Å². The summed E-state index contributed by atoms with van der Waals surface area (Å²) in [6.07, 6.45) is 4.02. The molecule has 1 atom stereocenters. The van der Waals surface area contributed by atoms with Crippen molar-refractivity contribution in [3.63, 3.8) is 0 Å². The number of aromatic nitrogens is 1. The van der Waals surface area contributed by atoms with Crippen LogP contribution in [0.5, 0.6) is 0 Å².